The van der Waals surface area contributed by atoms with Gasteiger partial charge in [-0.1, -0.05) is 53.2 Å². The van der Waals surface area contributed by atoms with Gasteiger partial charge in [-0.05, 0) is 26.0 Å². The van der Waals surface area contributed by atoms with Gasteiger partial charge in [-0.15, -0.1) is 11.8 Å². The fourth-order valence-corrected chi connectivity index (χ4v) is 3.25. The molecule has 0 unspecified atom stereocenters. The highest BCUT2D eigenvalue weighted by atomic mass is 32.2. The summed E-state index contributed by atoms with van der Waals surface area (Å²) in [5.74, 6) is 1.43. The van der Waals surface area contributed by atoms with Crippen molar-refractivity contribution in [3.05, 3.63) is 66.1 Å². The fraction of sp³-hybridized carbons (Fsp3) is 0.250. The summed E-state index contributed by atoms with van der Waals surface area (Å²) in [7, 11) is 0. The molecule has 1 aromatic heterocycles. The Labute approximate surface area is 157 Å². The number of aryl methyl sites for hydroxylation is 1. The Hall–Kier alpha value is -2.60. The molecule has 0 radical (unpaired) electrons. The Morgan fingerprint density at radius 2 is 1.85 bits per heavy atom. The largest absolute Gasteiger partial charge is 0.337 e. The number of hydrogen-bond acceptors (Lipinski definition) is 5. The average Bonchev–Trinajstić information content (AvgIpc) is 3.14. The van der Waals surface area contributed by atoms with Crippen LogP contribution in [0.3, 0.4) is 0 Å². The van der Waals surface area contributed by atoms with Crippen LogP contribution in [0.1, 0.15) is 18.4 Å². The predicted molar refractivity (Wildman–Crippen MR) is 103 cm³/mol. The minimum atomic E-state index is 0.0523. The van der Waals surface area contributed by atoms with Gasteiger partial charge in [-0.3, -0.25) is 4.79 Å². The third-order valence-electron chi connectivity index (χ3n) is 3.94. The van der Waals surface area contributed by atoms with Crippen molar-refractivity contribution in [2.24, 2.45) is 0 Å². The van der Waals surface area contributed by atoms with E-state index in [1.807, 2.05) is 68.4 Å². The van der Waals surface area contributed by atoms with Crippen LogP contribution in [0, 0.1) is 6.92 Å². The van der Waals surface area contributed by atoms with E-state index in [1.54, 1.807) is 4.90 Å². The number of benzene rings is 2. The molecule has 3 aromatic rings. The van der Waals surface area contributed by atoms with Gasteiger partial charge in [0.2, 0.25) is 17.6 Å². The van der Waals surface area contributed by atoms with Crippen LogP contribution in [0.4, 0.5) is 0 Å². The summed E-state index contributed by atoms with van der Waals surface area (Å²) in [5.41, 5.74) is 2.08. The van der Waals surface area contributed by atoms with Crippen molar-refractivity contribution >= 4 is 17.7 Å². The molecule has 0 N–H and O–H groups in total. The quantitative estimate of drug-likeness (QED) is 0.586. The van der Waals surface area contributed by atoms with E-state index < -0.39 is 0 Å². The lowest BCUT2D eigenvalue weighted by molar-refractivity contribution is -0.129. The molecule has 0 aliphatic rings. The summed E-state index contributed by atoms with van der Waals surface area (Å²) < 4.78 is 5.33. The van der Waals surface area contributed by atoms with Gasteiger partial charge in [-0.2, -0.15) is 4.98 Å². The van der Waals surface area contributed by atoms with Crippen molar-refractivity contribution in [1.82, 2.24) is 15.0 Å². The summed E-state index contributed by atoms with van der Waals surface area (Å²) in [6.45, 7) is 4.89. The summed E-state index contributed by atoms with van der Waals surface area (Å²) in [4.78, 5) is 19.7. The van der Waals surface area contributed by atoms with Gasteiger partial charge in [0, 0.05) is 17.0 Å². The van der Waals surface area contributed by atoms with Crippen molar-refractivity contribution in [2.45, 2.75) is 25.3 Å². The third-order valence-corrected chi connectivity index (χ3v) is 4.94. The standard InChI is InChI=1S/C20H21N3O2S/c1-3-23(19(24)14-26-17-7-5-4-6-8-17)13-18-21-20(22-25-18)16-11-9-15(2)10-12-16/h4-12H,3,13-14H2,1-2H3. The molecule has 0 bridgehead atoms. The monoisotopic (exact) mass is 367 g/mol. The first kappa shape index (κ1) is 18.2. The molecule has 2 aromatic carbocycles. The predicted octanol–water partition coefficient (Wildman–Crippen LogP) is 4.19. The van der Waals surface area contributed by atoms with E-state index >= 15 is 0 Å². The first-order chi connectivity index (χ1) is 12.7. The highest BCUT2D eigenvalue weighted by Gasteiger charge is 2.17. The third kappa shape index (κ3) is 4.73. The van der Waals surface area contributed by atoms with E-state index in [9.17, 15) is 4.79 Å². The van der Waals surface area contributed by atoms with E-state index in [-0.39, 0.29) is 5.91 Å². The first-order valence-corrected chi connectivity index (χ1v) is 9.49. The lowest BCUT2D eigenvalue weighted by Crippen LogP contribution is -2.31. The number of amides is 1. The van der Waals surface area contributed by atoms with Crippen LogP contribution in [-0.4, -0.2) is 33.2 Å². The van der Waals surface area contributed by atoms with Crippen LogP contribution in [0.25, 0.3) is 11.4 Å². The molecule has 5 nitrogen and oxygen atoms in total. The Balaban J connectivity index is 1.61. The molecule has 134 valence electrons. The van der Waals surface area contributed by atoms with Gasteiger partial charge in [0.25, 0.3) is 0 Å². The van der Waals surface area contributed by atoms with Gasteiger partial charge in [0.05, 0.1) is 12.3 Å². The van der Waals surface area contributed by atoms with Gasteiger partial charge in [-0.25, -0.2) is 0 Å². The number of hydrogen-bond donors (Lipinski definition) is 0. The van der Waals surface area contributed by atoms with Crippen LogP contribution in [0.2, 0.25) is 0 Å². The van der Waals surface area contributed by atoms with Crippen molar-refractivity contribution in [3.63, 3.8) is 0 Å². The van der Waals surface area contributed by atoms with Gasteiger partial charge >= 0.3 is 0 Å². The average molecular weight is 367 g/mol. The highest BCUT2D eigenvalue weighted by molar-refractivity contribution is 8.00. The zero-order chi connectivity index (χ0) is 18.4. The molecule has 1 heterocycles. The second-order valence-electron chi connectivity index (χ2n) is 5.89. The van der Waals surface area contributed by atoms with Crippen molar-refractivity contribution < 1.29 is 9.32 Å². The Morgan fingerprint density at radius 1 is 1.12 bits per heavy atom. The summed E-state index contributed by atoms with van der Waals surface area (Å²) in [6.07, 6.45) is 0. The normalized spacial score (nSPS) is 10.7. The van der Waals surface area contributed by atoms with E-state index in [1.165, 1.54) is 17.3 Å². The number of carbonyl (C=O) groups excluding carboxylic acids is 1. The Morgan fingerprint density at radius 3 is 2.54 bits per heavy atom. The van der Waals surface area contributed by atoms with Crippen molar-refractivity contribution in [2.75, 3.05) is 12.3 Å². The lowest BCUT2D eigenvalue weighted by Gasteiger charge is -2.18. The number of aromatic nitrogens is 2. The Kier molecular flexibility index (Phi) is 6.07. The minimum absolute atomic E-state index is 0.0523. The molecule has 0 fully saturated rings. The molecule has 0 spiro atoms. The number of carbonyl (C=O) groups is 1. The van der Waals surface area contributed by atoms with E-state index in [0.717, 1.165) is 10.5 Å². The van der Waals surface area contributed by atoms with Gasteiger partial charge in [0.1, 0.15) is 0 Å². The lowest BCUT2D eigenvalue weighted by atomic mass is 10.1. The maximum atomic E-state index is 12.5. The minimum Gasteiger partial charge on any atom is -0.337 e. The second kappa shape index (κ2) is 8.67. The summed E-state index contributed by atoms with van der Waals surface area (Å²) in [5, 5.41) is 4.03. The zero-order valence-electron chi connectivity index (χ0n) is 14.9. The smallest absolute Gasteiger partial charge is 0.246 e. The van der Waals surface area contributed by atoms with E-state index in [0.29, 0.717) is 30.6 Å². The Bertz CT molecular complexity index is 847. The second-order valence-corrected chi connectivity index (χ2v) is 6.94. The fourth-order valence-electron chi connectivity index (χ4n) is 2.43. The molecule has 0 aliphatic heterocycles. The maximum Gasteiger partial charge on any atom is 0.246 e. The van der Waals surface area contributed by atoms with Crippen LogP contribution in [0.15, 0.2) is 64.0 Å². The molecule has 3 rings (SSSR count). The molecule has 0 saturated carbocycles. The molecule has 6 heteroatoms. The molecule has 26 heavy (non-hydrogen) atoms. The molecular formula is C20H21N3O2S. The van der Waals surface area contributed by atoms with Gasteiger partial charge in [0.15, 0.2) is 0 Å². The SMILES string of the molecule is CCN(Cc1nc(-c2ccc(C)cc2)no1)C(=O)CSc1ccccc1. The van der Waals surface area contributed by atoms with Crippen LogP contribution < -0.4 is 0 Å². The van der Waals surface area contributed by atoms with E-state index in [2.05, 4.69) is 10.1 Å². The number of nitrogens with zero attached hydrogens (tertiary/aromatic N) is 3. The van der Waals surface area contributed by atoms with Crippen molar-refractivity contribution in [1.29, 1.82) is 0 Å². The van der Waals surface area contributed by atoms with Crippen LogP contribution in [-0.2, 0) is 11.3 Å². The maximum absolute atomic E-state index is 12.5. The molecule has 0 saturated heterocycles. The number of rotatable bonds is 7. The number of thioether (sulfide) groups is 1. The molecular weight excluding hydrogens is 346 g/mol. The van der Waals surface area contributed by atoms with Gasteiger partial charge < -0.3 is 9.42 Å². The summed E-state index contributed by atoms with van der Waals surface area (Å²) in [6, 6.07) is 17.8. The van der Waals surface area contributed by atoms with Crippen LogP contribution >= 0.6 is 11.8 Å². The summed E-state index contributed by atoms with van der Waals surface area (Å²) >= 11 is 1.53. The molecule has 0 atom stereocenters. The topological polar surface area (TPSA) is 59.2 Å². The van der Waals surface area contributed by atoms with Crippen LogP contribution in [0.5, 0.6) is 0 Å². The first-order valence-electron chi connectivity index (χ1n) is 8.51. The highest BCUT2D eigenvalue weighted by Crippen LogP contribution is 2.19. The van der Waals surface area contributed by atoms with E-state index in [4.69, 9.17) is 4.52 Å². The molecule has 0 aliphatic carbocycles. The zero-order valence-corrected chi connectivity index (χ0v) is 15.7. The van der Waals surface area contributed by atoms with Crippen molar-refractivity contribution in [3.8, 4) is 11.4 Å². The molecule has 1 amide bonds.